The van der Waals surface area contributed by atoms with Crippen molar-refractivity contribution in [1.29, 1.82) is 0 Å². The molecule has 3 nitrogen and oxygen atoms in total. The predicted octanol–water partition coefficient (Wildman–Crippen LogP) is 4.40. The molecule has 4 heteroatoms. The standard InChI is InChI=1S/C23H29FN2O/c1-17(2)26(3)16-19-8-5-4-7-18(19)15-25-22(27)23(13-6-14-23)20-9-11-21(24)12-10-20/h4-5,7-12,17H,6,13-16H2,1-3H3,(H,25,27). The highest BCUT2D eigenvalue weighted by atomic mass is 19.1. The molecule has 1 saturated carbocycles. The third-order valence-corrected chi connectivity index (χ3v) is 5.90. The van der Waals surface area contributed by atoms with E-state index in [2.05, 4.69) is 43.2 Å². The van der Waals surface area contributed by atoms with Crippen molar-refractivity contribution >= 4 is 5.91 Å². The SMILES string of the molecule is CC(C)N(C)Cc1ccccc1CNC(=O)C1(c2ccc(F)cc2)CCC1. The molecule has 1 aliphatic rings. The maximum absolute atomic E-state index is 13.3. The average Bonchev–Trinajstić information content (AvgIpc) is 2.61. The van der Waals surface area contributed by atoms with E-state index in [1.165, 1.54) is 17.7 Å². The van der Waals surface area contributed by atoms with Crippen LogP contribution in [0, 0.1) is 5.82 Å². The van der Waals surface area contributed by atoms with Crippen LogP contribution < -0.4 is 5.32 Å². The number of rotatable bonds is 7. The summed E-state index contributed by atoms with van der Waals surface area (Å²) in [6, 6.07) is 15.1. The van der Waals surface area contributed by atoms with Crippen molar-refractivity contribution in [2.24, 2.45) is 0 Å². The monoisotopic (exact) mass is 368 g/mol. The van der Waals surface area contributed by atoms with Gasteiger partial charge < -0.3 is 5.32 Å². The average molecular weight is 368 g/mol. The van der Waals surface area contributed by atoms with Gasteiger partial charge in [0, 0.05) is 19.1 Å². The van der Waals surface area contributed by atoms with E-state index in [0.717, 1.165) is 36.9 Å². The molecule has 0 unspecified atom stereocenters. The lowest BCUT2D eigenvalue weighted by molar-refractivity contribution is -0.130. The lowest BCUT2D eigenvalue weighted by Crippen LogP contribution is -2.49. The van der Waals surface area contributed by atoms with Crippen molar-refractivity contribution in [3.05, 3.63) is 71.0 Å². The summed E-state index contributed by atoms with van der Waals surface area (Å²) < 4.78 is 13.3. The van der Waals surface area contributed by atoms with Crippen LogP contribution in [0.3, 0.4) is 0 Å². The summed E-state index contributed by atoms with van der Waals surface area (Å²) in [4.78, 5) is 15.3. The normalized spacial score (nSPS) is 15.6. The first kappa shape index (κ1) is 19.6. The molecule has 0 aliphatic heterocycles. The van der Waals surface area contributed by atoms with E-state index in [1.807, 2.05) is 12.1 Å². The Balaban J connectivity index is 1.71. The smallest absolute Gasteiger partial charge is 0.230 e. The van der Waals surface area contributed by atoms with E-state index in [0.29, 0.717) is 12.6 Å². The number of hydrogen-bond acceptors (Lipinski definition) is 2. The zero-order valence-corrected chi connectivity index (χ0v) is 16.5. The fourth-order valence-corrected chi connectivity index (χ4v) is 3.63. The Bertz CT molecular complexity index is 781. The molecule has 1 N–H and O–H groups in total. The molecule has 2 aromatic rings. The second kappa shape index (κ2) is 8.22. The summed E-state index contributed by atoms with van der Waals surface area (Å²) in [5.41, 5.74) is 2.79. The number of hydrogen-bond donors (Lipinski definition) is 1. The van der Waals surface area contributed by atoms with Crippen molar-refractivity contribution < 1.29 is 9.18 Å². The Labute approximate surface area is 161 Å². The quantitative estimate of drug-likeness (QED) is 0.785. The van der Waals surface area contributed by atoms with Crippen LogP contribution in [0.2, 0.25) is 0 Å². The minimum Gasteiger partial charge on any atom is -0.351 e. The fraction of sp³-hybridized carbons (Fsp3) is 0.435. The first-order valence-corrected chi connectivity index (χ1v) is 9.74. The minimum atomic E-state index is -0.503. The minimum absolute atomic E-state index is 0.0485. The number of carbonyl (C=O) groups excluding carboxylic acids is 1. The molecule has 0 aromatic heterocycles. The summed E-state index contributed by atoms with van der Waals surface area (Å²) in [5.74, 6) is -0.218. The highest BCUT2D eigenvalue weighted by Gasteiger charge is 2.45. The number of halogens is 1. The Hall–Kier alpha value is -2.20. The molecule has 0 saturated heterocycles. The number of benzene rings is 2. The van der Waals surface area contributed by atoms with Crippen LogP contribution in [0.15, 0.2) is 48.5 Å². The second-order valence-electron chi connectivity index (χ2n) is 7.90. The Kier molecular flexibility index (Phi) is 5.95. The number of nitrogens with one attached hydrogen (secondary N) is 1. The van der Waals surface area contributed by atoms with E-state index in [4.69, 9.17) is 0 Å². The zero-order chi connectivity index (χ0) is 19.4. The summed E-state index contributed by atoms with van der Waals surface area (Å²) in [6.07, 6.45) is 2.67. The molecule has 3 rings (SSSR count). The van der Waals surface area contributed by atoms with Crippen LogP contribution in [-0.2, 0) is 23.3 Å². The number of carbonyl (C=O) groups is 1. The molecule has 1 fully saturated rings. The van der Waals surface area contributed by atoms with Gasteiger partial charge >= 0.3 is 0 Å². The summed E-state index contributed by atoms with van der Waals surface area (Å²) in [7, 11) is 2.11. The van der Waals surface area contributed by atoms with E-state index < -0.39 is 5.41 Å². The van der Waals surface area contributed by atoms with Gasteiger partial charge in [0.2, 0.25) is 5.91 Å². The van der Waals surface area contributed by atoms with Crippen LogP contribution in [0.1, 0.15) is 49.8 Å². The van der Waals surface area contributed by atoms with Gasteiger partial charge in [-0.2, -0.15) is 0 Å². The molecule has 0 radical (unpaired) electrons. The molecule has 0 heterocycles. The van der Waals surface area contributed by atoms with Gasteiger partial charge in [-0.25, -0.2) is 4.39 Å². The van der Waals surface area contributed by atoms with Crippen molar-refractivity contribution in [1.82, 2.24) is 10.2 Å². The van der Waals surface area contributed by atoms with Gasteiger partial charge in [-0.3, -0.25) is 9.69 Å². The van der Waals surface area contributed by atoms with Crippen molar-refractivity contribution in [2.75, 3.05) is 7.05 Å². The Morgan fingerprint density at radius 2 is 1.74 bits per heavy atom. The third kappa shape index (κ3) is 4.22. The van der Waals surface area contributed by atoms with Crippen LogP contribution >= 0.6 is 0 Å². The van der Waals surface area contributed by atoms with Crippen molar-refractivity contribution in [3.8, 4) is 0 Å². The molecule has 0 spiro atoms. The van der Waals surface area contributed by atoms with E-state index in [1.54, 1.807) is 12.1 Å². The molecule has 1 aliphatic carbocycles. The largest absolute Gasteiger partial charge is 0.351 e. The summed E-state index contributed by atoms with van der Waals surface area (Å²) >= 11 is 0. The maximum Gasteiger partial charge on any atom is 0.230 e. The van der Waals surface area contributed by atoms with Gasteiger partial charge in [-0.15, -0.1) is 0 Å². The van der Waals surface area contributed by atoms with Gasteiger partial charge in [0.1, 0.15) is 5.82 Å². The van der Waals surface area contributed by atoms with E-state index >= 15 is 0 Å². The third-order valence-electron chi connectivity index (χ3n) is 5.90. The van der Waals surface area contributed by atoms with Gasteiger partial charge in [-0.05, 0) is 62.6 Å². The van der Waals surface area contributed by atoms with E-state index in [9.17, 15) is 9.18 Å². The topological polar surface area (TPSA) is 32.3 Å². The molecule has 0 bridgehead atoms. The molecular weight excluding hydrogens is 339 g/mol. The first-order valence-electron chi connectivity index (χ1n) is 9.74. The summed E-state index contributed by atoms with van der Waals surface area (Å²) in [6.45, 7) is 5.72. The highest BCUT2D eigenvalue weighted by molar-refractivity contribution is 5.89. The van der Waals surface area contributed by atoms with Crippen LogP contribution in [0.25, 0.3) is 0 Å². The predicted molar refractivity (Wildman–Crippen MR) is 107 cm³/mol. The van der Waals surface area contributed by atoms with Gasteiger partial charge in [0.05, 0.1) is 5.41 Å². The number of amides is 1. The molecule has 0 atom stereocenters. The second-order valence-corrected chi connectivity index (χ2v) is 7.90. The number of nitrogens with zero attached hydrogens (tertiary/aromatic N) is 1. The molecular formula is C23H29FN2O. The van der Waals surface area contributed by atoms with Crippen LogP contribution in [-0.4, -0.2) is 23.9 Å². The Morgan fingerprint density at radius 1 is 1.11 bits per heavy atom. The first-order chi connectivity index (χ1) is 12.9. The maximum atomic E-state index is 13.3. The molecule has 144 valence electrons. The molecule has 1 amide bonds. The Morgan fingerprint density at radius 3 is 2.30 bits per heavy atom. The molecule has 2 aromatic carbocycles. The fourth-order valence-electron chi connectivity index (χ4n) is 3.63. The van der Waals surface area contributed by atoms with Crippen molar-refractivity contribution in [2.45, 2.75) is 57.7 Å². The zero-order valence-electron chi connectivity index (χ0n) is 16.5. The van der Waals surface area contributed by atoms with Crippen LogP contribution in [0.4, 0.5) is 4.39 Å². The summed E-state index contributed by atoms with van der Waals surface area (Å²) in [5, 5.41) is 3.15. The lowest BCUT2D eigenvalue weighted by Gasteiger charge is -2.40. The molecule has 27 heavy (non-hydrogen) atoms. The van der Waals surface area contributed by atoms with E-state index in [-0.39, 0.29) is 11.7 Å². The lowest BCUT2D eigenvalue weighted by atomic mass is 9.64. The highest BCUT2D eigenvalue weighted by Crippen LogP contribution is 2.44. The van der Waals surface area contributed by atoms with Gasteiger partial charge in [0.25, 0.3) is 0 Å². The van der Waals surface area contributed by atoms with Gasteiger partial charge in [-0.1, -0.05) is 42.8 Å². The van der Waals surface area contributed by atoms with Crippen LogP contribution in [0.5, 0.6) is 0 Å². The van der Waals surface area contributed by atoms with Gasteiger partial charge in [0.15, 0.2) is 0 Å². The van der Waals surface area contributed by atoms with Crippen molar-refractivity contribution in [3.63, 3.8) is 0 Å².